The lowest BCUT2D eigenvalue weighted by Crippen LogP contribution is -1.88. The van der Waals surface area contributed by atoms with Gasteiger partial charge in [0.25, 0.3) is 0 Å². The van der Waals surface area contributed by atoms with Crippen molar-refractivity contribution in [2.75, 3.05) is 5.73 Å². The molecule has 0 amide bonds. The highest BCUT2D eigenvalue weighted by Crippen LogP contribution is 2.13. The lowest BCUT2D eigenvalue weighted by Gasteiger charge is -1.99. The number of hydrogen-bond donors (Lipinski definition) is 1. The van der Waals surface area contributed by atoms with Gasteiger partial charge in [0.15, 0.2) is 0 Å². The number of hydrogen-bond acceptors (Lipinski definition) is 1. The molecule has 0 aliphatic rings. The van der Waals surface area contributed by atoms with Crippen molar-refractivity contribution in [1.82, 2.24) is 0 Å². The fourth-order valence-electron chi connectivity index (χ4n) is 0.955. The van der Waals surface area contributed by atoms with Gasteiger partial charge in [-0.05, 0) is 31.0 Å². The molecule has 0 aliphatic heterocycles. The molecule has 0 spiro atoms. The van der Waals surface area contributed by atoms with Gasteiger partial charge in [0.1, 0.15) is 0 Å². The maximum atomic E-state index is 5.72. The van der Waals surface area contributed by atoms with Crippen molar-refractivity contribution in [3.8, 4) is 0 Å². The average molecular weight is 147 g/mol. The van der Waals surface area contributed by atoms with Crippen molar-refractivity contribution in [3.05, 3.63) is 35.4 Å². The number of benzene rings is 1. The standard InChI is InChI=1S/C10H13N/c1-3-4-9-6-5-8(2)10(11)7-9/h3-7H,11H2,1-2H3/b4-3+. The first-order valence-electron chi connectivity index (χ1n) is 3.73. The minimum atomic E-state index is 0.862. The van der Waals surface area contributed by atoms with E-state index < -0.39 is 0 Å². The minimum absolute atomic E-state index is 0.862. The van der Waals surface area contributed by atoms with Crippen LogP contribution in [0, 0.1) is 6.92 Å². The molecule has 11 heavy (non-hydrogen) atoms. The van der Waals surface area contributed by atoms with Gasteiger partial charge in [-0.2, -0.15) is 0 Å². The molecule has 1 aromatic carbocycles. The molecule has 1 aromatic rings. The topological polar surface area (TPSA) is 26.0 Å². The Balaban J connectivity index is 3.05. The van der Waals surface area contributed by atoms with Crippen LogP contribution in [0.1, 0.15) is 18.1 Å². The summed E-state index contributed by atoms with van der Waals surface area (Å²) in [6.07, 6.45) is 4.04. The quantitative estimate of drug-likeness (QED) is 0.607. The largest absolute Gasteiger partial charge is 0.398 e. The van der Waals surface area contributed by atoms with Gasteiger partial charge in [0.05, 0.1) is 0 Å². The molecule has 0 aliphatic carbocycles. The zero-order chi connectivity index (χ0) is 8.27. The average Bonchev–Trinajstić information content (AvgIpc) is 1.98. The number of allylic oxidation sites excluding steroid dienone is 1. The van der Waals surface area contributed by atoms with Crippen molar-refractivity contribution in [2.24, 2.45) is 0 Å². The maximum absolute atomic E-state index is 5.72. The molecule has 0 heterocycles. The summed E-state index contributed by atoms with van der Waals surface area (Å²) in [5.74, 6) is 0. The van der Waals surface area contributed by atoms with Gasteiger partial charge in [-0.15, -0.1) is 0 Å². The Bertz CT molecular complexity index is 274. The SMILES string of the molecule is C/C=C/c1ccc(C)c(N)c1. The van der Waals surface area contributed by atoms with E-state index in [-0.39, 0.29) is 0 Å². The number of anilines is 1. The summed E-state index contributed by atoms with van der Waals surface area (Å²) in [7, 11) is 0. The Hall–Kier alpha value is -1.24. The van der Waals surface area contributed by atoms with Crippen LogP contribution in [0.2, 0.25) is 0 Å². The van der Waals surface area contributed by atoms with E-state index in [0.717, 1.165) is 16.8 Å². The molecular formula is C10H13N. The summed E-state index contributed by atoms with van der Waals surface area (Å²) in [5, 5.41) is 0. The van der Waals surface area contributed by atoms with Crippen LogP contribution in [0.3, 0.4) is 0 Å². The number of nitrogen functional groups attached to an aromatic ring is 1. The Morgan fingerprint density at radius 1 is 1.36 bits per heavy atom. The first kappa shape index (κ1) is 7.86. The molecule has 58 valence electrons. The zero-order valence-electron chi connectivity index (χ0n) is 6.96. The van der Waals surface area contributed by atoms with Crippen molar-refractivity contribution >= 4 is 11.8 Å². The van der Waals surface area contributed by atoms with Crippen LogP contribution in [0.5, 0.6) is 0 Å². The summed E-state index contributed by atoms with van der Waals surface area (Å²) < 4.78 is 0. The zero-order valence-corrected chi connectivity index (χ0v) is 6.96. The molecule has 0 saturated heterocycles. The lowest BCUT2D eigenvalue weighted by atomic mass is 10.1. The summed E-state index contributed by atoms with van der Waals surface area (Å²) >= 11 is 0. The van der Waals surface area contributed by atoms with E-state index in [9.17, 15) is 0 Å². The Morgan fingerprint density at radius 2 is 2.09 bits per heavy atom. The fourth-order valence-corrected chi connectivity index (χ4v) is 0.955. The van der Waals surface area contributed by atoms with E-state index in [1.54, 1.807) is 0 Å². The molecule has 1 nitrogen and oxygen atoms in total. The lowest BCUT2D eigenvalue weighted by molar-refractivity contribution is 1.46. The van der Waals surface area contributed by atoms with Crippen LogP contribution in [0.25, 0.3) is 6.08 Å². The summed E-state index contributed by atoms with van der Waals surface area (Å²) in [6.45, 7) is 4.00. The van der Waals surface area contributed by atoms with Gasteiger partial charge in [-0.1, -0.05) is 24.3 Å². The molecule has 0 saturated carbocycles. The second kappa shape index (κ2) is 3.24. The molecule has 1 rings (SSSR count). The van der Waals surface area contributed by atoms with Gasteiger partial charge in [-0.25, -0.2) is 0 Å². The van der Waals surface area contributed by atoms with Gasteiger partial charge in [-0.3, -0.25) is 0 Å². The molecule has 0 bridgehead atoms. The van der Waals surface area contributed by atoms with Crippen LogP contribution in [0.15, 0.2) is 24.3 Å². The predicted octanol–water partition coefficient (Wildman–Crippen LogP) is 2.61. The molecular weight excluding hydrogens is 134 g/mol. The summed E-state index contributed by atoms with van der Waals surface area (Å²) in [5.41, 5.74) is 8.88. The van der Waals surface area contributed by atoms with Crippen molar-refractivity contribution < 1.29 is 0 Å². The number of aryl methyl sites for hydroxylation is 1. The monoisotopic (exact) mass is 147 g/mol. The third-order valence-electron chi connectivity index (χ3n) is 1.66. The van der Waals surface area contributed by atoms with Crippen molar-refractivity contribution in [2.45, 2.75) is 13.8 Å². The van der Waals surface area contributed by atoms with E-state index in [1.807, 2.05) is 38.1 Å². The highest BCUT2D eigenvalue weighted by molar-refractivity contribution is 5.58. The van der Waals surface area contributed by atoms with Crippen LogP contribution in [-0.2, 0) is 0 Å². The normalized spacial score (nSPS) is 10.7. The van der Waals surface area contributed by atoms with E-state index >= 15 is 0 Å². The van der Waals surface area contributed by atoms with E-state index in [0.29, 0.717) is 0 Å². The third kappa shape index (κ3) is 1.84. The van der Waals surface area contributed by atoms with Crippen LogP contribution in [-0.4, -0.2) is 0 Å². The molecule has 0 unspecified atom stereocenters. The molecule has 0 aromatic heterocycles. The highest BCUT2D eigenvalue weighted by atomic mass is 14.5. The minimum Gasteiger partial charge on any atom is -0.398 e. The summed E-state index contributed by atoms with van der Waals surface area (Å²) in [4.78, 5) is 0. The van der Waals surface area contributed by atoms with E-state index in [4.69, 9.17) is 5.73 Å². The van der Waals surface area contributed by atoms with Crippen molar-refractivity contribution in [3.63, 3.8) is 0 Å². The molecule has 1 heteroatoms. The number of nitrogens with two attached hydrogens (primary N) is 1. The van der Waals surface area contributed by atoms with Crippen molar-refractivity contribution in [1.29, 1.82) is 0 Å². The van der Waals surface area contributed by atoms with E-state index in [1.165, 1.54) is 0 Å². The van der Waals surface area contributed by atoms with Gasteiger partial charge in [0.2, 0.25) is 0 Å². The van der Waals surface area contributed by atoms with E-state index in [2.05, 4.69) is 6.07 Å². The smallest absolute Gasteiger partial charge is 0.0349 e. The first-order valence-corrected chi connectivity index (χ1v) is 3.73. The predicted molar refractivity (Wildman–Crippen MR) is 50.3 cm³/mol. The molecule has 0 fully saturated rings. The van der Waals surface area contributed by atoms with Gasteiger partial charge in [0, 0.05) is 5.69 Å². The highest BCUT2D eigenvalue weighted by Gasteiger charge is 1.91. The molecule has 0 radical (unpaired) electrons. The summed E-state index contributed by atoms with van der Waals surface area (Å²) in [6, 6.07) is 6.08. The first-order chi connectivity index (χ1) is 5.24. The van der Waals surface area contributed by atoms with Crippen LogP contribution in [0.4, 0.5) is 5.69 Å². The Labute approximate surface area is 67.5 Å². The Morgan fingerprint density at radius 3 is 2.64 bits per heavy atom. The Kier molecular flexibility index (Phi) is 2.32. The fraction of sp³-hybridized carbons (Fsp3) is 0.200. The third-order valence-corrected chi connectivity index (χ3v) is 1.66. The van der Waals surface area contributed by atoms with Gasteiger partial charge >= 0.3 is 0 Å². The van der Waals surface area contributed by atoms with Crippen LogP contribution >= 0.6 is 0 Å². The number of rotatable bonds is 1. The molecule has 2 N–H and O–H groups in total. The second-order valence-corrected chi connectivity index (χ2v) is 2.62. The second-order valence-electron chi connectivity index (χ2n) is 2.62. The maximum Gasteiger partial charge on any atom is 0.0349 e. The van der Waals surface area contributed by atoms with Gasteiger partial charge < -0.3 is 5.73 Å². The van der Waals surface area contributed by atoms with Crippen LogP contribution < -0.4 is 5.73 Å². The molecule has 0 atom stereocenters.